The van der Waals surface area contributed by atoms with Crippen molar-refractivity contribution in [3.63, 3.8) is 0 Å². The van der Waals surface area contributed by atoms with Crippen molar-refractivity contribution in [3.05, 3.63) is 34.6 Å². The molecule has 0 saturated carbocycles. The van der Waals surface area contributed by atoms with Gasteiger partial charge in [-0.25, -0.2) is 0 Å². The van der Waals surface area contributed by atoms with Crippen molar-refractivity contribution in [2.45, 2.75) is 38.8 Å². The summed E-state index contributed by atoms with van der Waals surface area (Å²) in [5.41, 5.74) is 2.44. The van der Waals surface area contributed by atoms with Crippen molar-refractivity contribution in [2.75, 3.05) is 0 Å². The third-order valence-corrected chi connectivity index (χ3v) is 7.98. The molecule has 2 rings (SSSR count). The predicted molar refractivity (Wildman–Crippen MR) is 94.7 cm³/mol. The van der Waals surface area contributed by atoms with E-state index in [1.807, 2.05) is 0 Å². The second kappa shape index (κ2) is 6.98. The fourth-order valence-corrected chi connectivity index (χ4v) is 6.72. The summed E-state index contributed by atoms with van der Waals surface area (Å²) in [4.78, 5) is 8.77. The van der Waals surface area contributed by atoms with E-state index >= 15 is 0 Å². The van der Waals surface area contributed by atoms with Gasteiger partial charge in [0, 0.05) is 6.20 Å². The molecular weight excluding hydrogens is 335 g/mol. The lowest BCUT2D eigenvalue weighted by Crippen LogP contribution is -2.39. The molecule has 117 valence electrons. The van der Waals surface area contributed by atoms with Crippen LogP contribution in [0.5, 0.6) is 5.75 Å². The van der Waals surface area contributed by atoms with E-state index in [1.165, 1.54) is 6.20 Å². The van der Waals surface area contributed by atoms with Gasteiger partial charge in [-0.05, 0) is 28.4 Å². The smallest absolute Gasteiger partial charge is 0.133 e. The van der Waals surface area contributed by atoms with Crippen LogP contribution in [0.25, 0.3) is 11.4 Å². The molecule has 0 amide bonds. The second-order valence-electron chi connectivity index (χ2n) is 5.81. The Morgan fingerprint density at radius 3 is 2.14 bits per heavy atom. The van der Waals surface area contributed by atoms with Crippen LogP contribution in [0.4, 0.5) is 0 Å². The van der Waals surface area contributed by atoms with Crippen molar-refractivity contribution in [1.29, 1.82) is 0 Å². The standard InChI is InChI=1S/C16H19Cl2N2OSi/c1-9(2)22(10(3)4)16-14(18)12(17)8-20-15(16)13-6-5-11(21)7-19-13/h5-10,21H,1-4H3. The van der Waals surface area contributed by atoms with Crippen LogP contribution in [0, 0.1) is 0 Å². The van der Waals surface area contributed by atoms with Crippen molar-refractivity contribution >= 4 is 37.2 Å². The lowest BCUT2D eigenvalue weighted by atomic mass is 10.2. The number of hydrogen-bond acceptors (Lipinski definition) is 3. The summed E-state index contributed by atoms with van der Waals surface area (Å²) in [6.07, 6.45) is 2.98. The Balaban J connectivity index is 2.69. The molecule has 0 saturated heterocycles. The molecule has 2 aromatic rings. The summed E-state index contributed by atoms with van der Waals surface area (Å²) in [6, 6.07) is 3.36. The predicted octanol–water partition coefficient (Wildman–Crippen LogP) is 4.68. The van der Waals surface area contributed by atoms with Crippen LogP contribution in [0.15, 0.2) is 24.5 Å². The average molecular weight is 354 g/mol. The van der Waals surface area contributed by atoms with E-state index in [2.05, 4.69) is 37.7 Å². The highest BCUT2D eigenvalue weighted by Gasteiger charge is 2.29. The zero-order valence-corrected chi connectivity index (χ0v) is 15.6. The number of aromatic hydroxyl groups is 1. The third-order valence-electron chi connectivity index (χ3n) is 3.50. The fraction of sp³-hybridized carbons (Fsp3) is 0.375. The number of rotatable bonds is 4. The first-order valence-electron chi connectivity index (χ1n) is 7.19. The van der Waals surface area contributed by atoms with Crippen LogP contribution in [0.3, 0.4) is 0 Å². The summed E-state index contributed by atoms with van der Waals surface area (Å²) in [7, 11) is -0.977. The van der Waals surface area contributed by atoms with Gasteiger partial charge in [-0.1, -0.05) is 50.9 Å². The number of halogens is 2. The lowest BCUT2D eigenvalue weighted by Gasteiger charge is -2.26. The van der Waals surface area contributed by atoms with Crippen molar-refractivity contribution in [1.82, 2.24) is 9.97 Å². The number of pyridine rings is 2. The van der Waals surface area contributed by atoms with E-state index in [0.29, 0.717) is 26.8 Å². The van der Waals surface area contributed by atoms with Crippen LogP contribution >= 0.6 is 23.2 Å². The number of nitrogens with zero attached hydrogens (tertiary/aromatic N) is 2. The lowest BCUT2D eigenvalue weighted by molar-refractivity contribution is 0.473. The largest absolute Gasteiger partial charge is 0.506 e. The van der Waals surface area contributed by atoms with E-state index in [-0.39, 0.29) is 5.75 Å². The van der Waals surface area contributed by atoms with Gasteiger partial charge in [0.2, 0.25) is 0 Å². The normalized spacial score (nSPS) is 11.7. The molecular formula is C16H19Cl2N2OSi. The highest BCUT2D eigenvalue weighted by molar-refractivity contribution is 6.79. The summed E-state index contributed by atoms with van der Waals surface area (Å²) in [5, 5.41) is 11.5. The molecule has 2 aromatic heterocycles. The Morgan fingerprint density at radius 2 is 1.64 bits per heavy atom. The fourth-order valence-electron chi connectivity index (χ4n) is 2.69. The molecule has 6 heteroatoms. The van der Waals surface area contributed by atoms with Gasteiger partial charge in [0.15, 0.2) is 0 Å². The molecule has 0 unspecified atom stereocenters. The van der Waals surface area contributed by atoms with Gasteiger partial charge in [0.25, 0.3) is 0 Å². The van der Waals surface area contributed by atoms with Gasteiger partial charge < -0.3 is 5.11 Å². The zero-order chi connectivity index (χ0) is 16.4. The van der Waals surface area contributed by atoms with E-state index in [4.69, 9.17) is 23.2 Å². The molecule has 0 bridgehead atoms. The molecule has 1 N–H and O–H groups in total. The SMILES string of the molecule is CC(C)[Si](c1c(-c2ccc(O)cn2)ncc(Cl)c1Cl)C(C)C. The van der Waals surface area contributed by atoms with Crippen LogP contribution in [-0.2, 0) is 0 Å². The molecule has 0 aliphatic heterocycles. The summed E-state index contributed by atoms with van der Waals surface area (Å²) >= 11 is 12.8. The quantitative estimate of drug-likeness (QED) is 0.811. The Hall–Kier alpha value is -1.10. The van der Waals surface area contributed by atoms with Crippen molar-refractivity contribution in [2.24, 2.45) is 0 Å². The van der Waals surface area contributed by atoms with E-state index < -0.39 is 8.80 Å². The monoisotopic (exact) mass is 353 g/mol. The molecule has 1 radical (unpaired) electrons. The minimum absolute atomic E-state index is 0.128. The van der Waals surface area contributed by atoms with Gasteiger partial charge in [-0.2, -0.15) is 0 Å². The van der Waals surface area contributed by atoms with Gasteiger partial charge in [0.05, 0.1) is 36.4 Å². The van der Waals surface area contributed by atoms with Gasteiger partial charge in [-0.15, -0.1) is 0 Å². The highest BCUT2D eigenvalue weighted by Crippen LogP contribution is 2.30. The first kappa shape index (κ1) is 17.3. The van der Waals surface area contributed by atoms with Crippen LogP contribution < -0.4 is 5.19 Å². The molecule has 0 atom stereocenters. The first-order chi connectivity index (χ1) is 10.3. The maximum absolute atomic E-state index is 9.43. The number of aromatic nitrogens is 2. The van der Waals surface area contributed by atoms with E-state index in [9.17, 15) is 5.11 Å². The topological polar surface area (TPSA) is 46.0 Å². The molecule has 0 aliphatic rings. The van der Waals surface area contributed by atoms with Crippen molar-refractivity contribution in [3.8, 4) is 17.1 Å². The molecule has 3 nitrogen and oxygen atoms in total. The Bertz CT molecular complexity index is 652. The molecule has 0 spiro atoms. The summed E-state index contributed by atoms with van der Waals surface area (Å²) in [6.45, 7) is 8.83. The minimum atomic E-state index is -0.977. The zero-order valence-electron chi connectivity index (χ0n) is 13.1. The molecule has 22 heavy (non-hydrogen) atoms. The van der Waals surface area contributed by atoms with Gasteiger partial charge in [-0.3, -0.25) is 9.97 Å². The average Bonchev–Trinajstić information content (AvgIpc) is 2.44. The van der Waals surface area contributed by atoms with E-state index in [0.717, 1.165) is 10.9 Å². The Kier molecular flexibility index (Phi) is 5.48. The maximum Gasteiger partial charge on any atom is 0.133 e. The first-order valence-corrected chi connectivity index (χ1v) is 9.60. The van der Waals surface area contributed by atoms with Gasteiger partial charge in [0.1, 0.15) is 5.75 Å². The maximum atomic E-state index is 9.43. The minimum Gasteiger partial charge on any atom is -0.506 e. The molecule has 2 heterocycles. The second-order valence-corrected chi connectivity index (χ2v) is 10.3. The van der Waals surface area contributed by atoms with Gasteiger partial charge >= 0.3 is 0 Å². The molecule has 0 aromatic carbocycles. The van der Waals surface area contributed by atoms with Crippen LogP contribution in [0.2, 0.25) is 21.1 Å². The Morgan fingerprint density at radius 1 is 1.00 bits per heavy atom. The van der Waals surface area contributed by atoms with Crippen molar-refractivity contribution < 1.29 is 5.11 Å². The number of hydrogen-bond donors (Lipinski definition) is 1. The summed E-state index contributed by atoms with van der Waals surface area (Å²) < 4.78 is 0. The molecule has 0 aliphatic carbocycles. The summed E-state index contributed by atoms with van der Waals surface area (Å²) in [5.74, 6) is 0.128. The Labute approximate surface area is 142 Å². The van der Waals surface area contributed by atoms with Crippen LogP contribution in [0.1, 0.15) is 27.7 Å². The van der Waals surface area contributed by atoms with Crippen LogP contribution in [-0.4, -0.2) is 23.9 Å². The molecule has 0 fully saturated rings. The highest BCUT2D eigenvalue weighted by atomic mass is 35.5. The van der Waals surface area contributed by atoms with E-state index in [1.54, 1.807) is 18.3 Å². The third kappa shape index (κ3) is 3.45.